The second-order valence-corrected chi connectivity index (χ2v) is 17.1. The molecular formula is C33H61O2P. The fourth-order valence-electron chi connectivity index (χ4n) is 5.74. The van der Waals surface area contributed by atoms with Crippen LogP contribution in [0.15, 0.2) is 30.3 Å². The molecule has 0 aromatic heterocycles. The molecule has 0 radical (unpaired) electrons. The molecule has 2 nitrogen and oxygen atoms in total. The second kappa shape index (κ2) is 20.1. The molecule has 0 aliphatic rings. The quantitative estimate of drug-likeness (QED) is 0.100. The first-order chi connectivity index (χ1) is 17.5. The molecule has 0 bridgehead atoms. The van der Waals surface area contributed by atoms with Gasteiger partial charge in [0.05, 0.1) is 0 Å². The zero-order chi connectivity index (χ0) is 26.4. The van der Waals surface area contributed by atoms with Crippen molar-refractivity contribution in [1.29, 1.82) is 0 Å². The van der Waals surface area contributed by atoms with Gasteiger partial charge in [0.1, 0.15) is 0 Å². The summed E-state index contributed by atoms with van der Waals surface area (Å²) in [4.78, 5) is 13.5. The SMILES string of the molecule is CCCCCCCCCCCCCCP(CCCC)(CCCC)(CCCC)OC(=O)c1ccccc1. The van der Waals surface area contributed by atoms with Crippen LogP contribution in [0.5, 0.6) is 0 Å². The Hall–Kier alpha value is -0.880. The van der Waals surface area contributed by atoms with Crippen LogP contribution in [0.3, 0.4) is 0 Å². The summed E-state index contributed by atoms with van der Waals surface area (Å²) in [5.74, 6) is -0.0597. The molecule has 3 heteroatoms. The van der Waals surface area contributed by atoms with Gasteiger partial charge in [-0.3, -0.25) is 0 Å². The Morgan fingerprint density at radius 2 is 0.889 bits per heavy atom. The summed E-state index contributed by atoms with van der Waals surface area (Å²) in [6.07, 6.45) is 28.1. The van der Waals surface area contributed by atoms with E-state index >= 15 is 0 Å². The molecule has 0 fully saturated rings. The van der Waals surface area contributed by atoms with E-state index < -0.39 is 6.83 Å². The molecule has 0 N–H and O–H groups in total. The summed E-state index contributed by atoms with van der Waals surface area (Å²) < 4.78 is 6.91. The monoisotopic (exact) mass is 520 g/mol. The van der Waals surface area contributed by atoms with Crippen LogP contribution in [0.1, 0.15) is 154 Å². The van der Waals surface area contributed by atoms with Crippen LogP contribution >= 0.6 is 6.83 Å². The van der Waals surface area contributed by atoms with Gasteiger partial charge in [0, 0.05) is 0 Å². The zero-order valence-corrected chi connectivity index (χ0v) is 25.6. The van der Waals surface area contributed by atoms with Gasteiger partial charge in [-0.1, -0.05) is 13.3 Å². The molecule has 1 aromatic carbocycles. The summed E-state index contributed by atoms with van der Waals surface area (Å²) in [7, 11) is 0. The third-order valence-electron chi connectivity index (χ3n) is 8.16. The minimum absolute atomic E-state index is 0.0597. The van der Waals surface area contributed by atoms with E-state index in [1.165, 1.54) is 116 Å². The average Bonchev–Trinajstić information content (AvgIpc) is 2.91. The molecule has 210 valence electrons. The standard InChI is InChI=1S/C33H61O2P/c1-5-9-13-14-15-16-17-18-19-20-21-25-31-36(28-10-6-2,29-11-7-3,30-12-8-4)35-33(34)32-26-23-22-24-27-32/h22-24,26-27H,5-21,25,28-31H2,1-4H3. The molecular weight excluding hydrogens is 459 g/mol. The molecule has 0 unspecified atom stereocenters. The fourth-order valence-corrected chi connectivity index (χ4v) is 12.4. The molecule has 36 heavy (non-hydrogen) atoms. The Balaban J connectivity index is 2.77. The van der Waals surface area contributed by atoms with Gasteiger partial charge in [-0.15, -0.1) is 0 Å². The number of benzene rings is 1. The Kier molecular flexibility index (Phi) is 18.5. The van der Waals surface area contributed by atoms with E-state index in [4.69, 9.17) is 4.52 Å². The molecule has 0 aliphatic heterocycles. The van der Waals surface area contributed by atoms with E-state index in [0.717, 1.165) is 30.2 Å². The summed E-state index contributed by atoms with van der Waals surface area (Å²) in [5.41, 5.74) is 0.727. The number of carbonyl (C=O) groups excluding carboxylic acids is 1. The number of rotatable bonds is 24. The molecule has 1 aromatic rings. The topological polar surface area (TPSA) is 26.3 Å². The van der Waals surface area contributed by atoms with Crippen LogP contribution in [0.25, 0.3) is 0 Å². The van der Waals surface area contributed by atoms with Gasteiger partial charge in [-0.2, -0.15) is 0 Å². The van der Waals surface area contributed by atoms with Gasteiger partial charge in [0.15, 0.2) is 0 Å². The van der Waals surface area contributed by atoms with E-state index in [9.17, 15) is 4.79 Å². The minimum atomic E-state index is -2.60. The molecule has 0 amide bonds. The van der Waals surface area contributed by atoms with Crippen molar-refractivity contribution in [3.8, 4) is 0 Å². The van der Waals surface area contributed by atoms with Crippen LogP contribution in [0, 0.1) is 0 Å². The molecule has 0 spiro atoms. The number of carbonyl (C=O) groups is 1. The maximum atomic E-state index is 13.5. The van der Waals surface area contributed by atoms with Crippen LogP contribution in [-0.4, -0.2) is 30.6 Å². The predicted molar refractivity (Wildman–Crippen MR) is 164 cm³/mol. The van der Waals surface area contributed by atoms with Crippen molar-refractivity contribution in [3.63, 3.8) is 0 Å². The zero-order valence-electron chi connectivity index (χ0n) is 24.7. The van der Waals surface area contributed by atoms with Crippen LogP contribution in [-0.2, 0) is 4.52 Å². The van der Waals surface area contributed by atoms with Gasteiger partial charge < -0.3 is 0 Å². The van der Waals surface area contributed by atoms with E-state index in [1.807, 2.05) is 30.3 Å². The van der Waals surface area contributed by atoms with Crippen molar-refractivity contribution in [1.82, 2.24) is 0 Å². The molecule has 0 saturated heterocycles. The van der Waals surface area contributed by atoms with Gasteiger partial charge in [0.2, 0.25) is 0 Å². The first kappa shape index (κ1) is 33.1. The molecule has 0 atom stereocenters. The fraction of sp³-hybridized carbons (Fsp3) is 0.788. The van der Waals surface area contributed by atoms with Gasteiger partial charge >= 0.3 is 213 Å². The summed E-state index contributed by atoms with van der Waals surface area (Å²) >= 11 is 0. The van der Waals surface area contributed by atoms with Crippen molar-refractivity contribution in [2.24, 2.45) is 0 Å². The number of hydrogen-bond donors (Lipinski definition) is 0. The average molecular weight is 521 g/mol. The van der Waals surface area contributed by atoms with E-state index in [-0.39, 0.29) is 5.97 Å². The Morgan fingerprint density at radius 1 is 0.528 bits per heavy atom. The second-order valence-electron chi connectivity index (χ2n) is 11.4. The van der Waals surface area contributed by atoms with Crippen molar-refractivity contribution in [2.75, 3.05) is 24.6 Å². The Bertz CT molecular complexity index is 632. The first-order valence-electron chi connectivity index (χ1n) is 15.8. The number of hydrogen-bond acceptors (Lipinski definition) is 2. The van der Waals surface area contributed by atoms with E-state index in [1.54, 1.807) is 0 Å². The van der Waals surface area contributed by atoms with E-state index in [0.29, 0.717) is 0 Å². The molecule has 0 heterocycles. The normalized spacial score (nSPS) is 12.8. The van der Waals surface area contributed by atoms with Gasteiger partial charge in [-0.25, -0.2) is 0 Å². The summed E-state index contributed by atoms with van der Waals surface area (Å²) in [6, 6.07) is 9.75. The Labute approximate surface area is 225 Å². The van der Waals surface area contributed by atoms with Crippen molar-refractivity contribution in [3.05, 3.63) is 35.9 Å². The van der Waals surface area contributed by atoms with Crippen molar-refractivity contribution < 1.29 is 9.32 Å². The van der Waals surface area contributed by atoms with Crippen molar-refractivity contribution >= 4 is 12.8 Å². The van der Waals surface area contributed by atoms with E-state index in [2.05, 4.69) is 27.7 Å². The van der Waals surface area contributed by atoms with Crippen LogP contribution in [0.2, 0.25) is 0 Å². The number of unbranched alkanes of at least 4 members (excludes halogenated alkanes) is 14. The summed E-state index contributed by atoms with van der Waals surface area (Å²) in [6.45, 7) is 6.54. The van der Waals surface area contributed by atoms with Crippen LogP contribution < -0.4 is 0 Å². The molecule has 1 rings (SSSR count). The third-order valence-corrected chi connectivity index (χ3v) is 14.6. The van der Waals surface area contributed by atoms with Gasteiger partial charge in [0.25, 0.3) is 0 Å². The molecule has 0 aliphatic carbocycles. The van der Waals surface area contributed by atoms with Crippen molar-refractivity contribution in [2.45, 2.75) is 143 Å². The Morgan fingerprint density at radius 3 is 1.31 bits per heavy atom. The maximum absolute atomic E-state index is 13.5. The van der Waals surface area contributed by atoms with Gasteiger partial charge in [-0.05, 0) is 0 Å². The summed E-state index contributed by atoms with van der Waals surface area (Å²) in [5, 5.41) is 0. The first-order valence-corrected chi connectivity index (χ1v) is 18.7. The predicted octanol–water partition coefficient (Wildman–Crippen LogP) is 11.4. The third kappa shape index (κ3) is 13.1. The van der Waals surface area contributed by atoms with Crippen LogP contribution in [0.4, 0.5) is 0 Å². The molecule has 0 saturated carbocycles.